The van der Waals surface area contributed by atoms with E-state index in [1.807, 2.05) is 30.3 Å². The van der Waals surface area contributed by atoms with E-state index in [0.29, 0.717) is 16.5 Å². The van der Waals surface area contributed by atoms with Crippen LogP contribution in [0.25, 0.3) is 0 Å². The van der Waals surface area contributed by atoms with Crippen molar-refractivity contribution in [2.45, 2.75) is 19.4 Å². The van der Waals surface area contributed by atoms with Gasteiger partial charge in [0, 0.05) is 18.0 Å². The number of hydrogen-bond donors (Lipinski definition) is 2. The van der Waals surface area contributed by atoms with Gasteiger partial charge in [-0.05, 0) is 42.7 Å². The number of halogens is 1. The predicted octanol–water partition coefficient (Wildman–Crippen LogP) is 2.84. The Balaban J connectivity index is 2.13. The predicted molar refractivity (Wildman–Crippen MR) is 88.0 cm³/mol. The molecule has 0 aliphatic heterocycles. The highest BCUT2D eigenvalue weighted by atomic mass is 35.5. The summed E-state index contributed by atoms with van der Waals surface area (Å²) in [6.07, 6.45) is 4.04. The van der Waals surface area contributed by atoms with Crippen LogP contribution in [0.1, 0.15) is 23.6 Å². The van der Waals surface area contributed by atoms with Crippen molar-refractivity contribution < 1.29 is 10.0 Å². The van der Waals surface area contributed by atoms with Gasteiger partial charge in [-0.15, -0.1) is 0 Å². The quantitative estimate of drug-likeness (QED) is 0.516. The summed E-state index contributed by atoms with van der Waals surface area (Å²) in [6, 6.07) is 7.91. The molecule has 2 aromatic rings. The normalized spacial score (nSPS) is 11.3. The lowest BCUT2D eigenvalue weighted by atomic mass is 10.0. The second kappa shape index (κ2) is 7.63. The number of carbonyl (C=O) groups is 1. The maximum absolute atomic E-state index is 10.9. The minimum Gasteiger partial charge on any atom is -0.350 e. The minimum atomic E-state index is -0.936. The Bertz CT molecular complexity index is 768. The maximum atomic E-state index is 10.9. The first kappa shape index (κ1) is 16.8. The number of nitrogens with zero attached hydrogens (tertiary/aromatic N) is 2. The average Bonchev–Trinajstić information content (AvgIpc) is 2.52. The van der Waals surface area contributed by atoms with Crippen LogP contribution in [0.15, 0.2) is 42.7 Å². The summed E-state index contributed by atoms with van der Waals surface area (Å²) in [5.74, 6) is 5.69. The van der Waals surface area contributed by atoms with E-state index in [4.69, 9.17) is 17.3 Å². The molecule has 1 aromatic heterocycles. The van der Waals surface area contributed by atoms with Crippen LogP contribution >= 0.6 is 11.6 Å². The van der Waals surface area contributed by atoms with E-state index in [1.54, 1.807) is 19.3 Å². The molecule has 0 radical (unpaired) electrons. The van der Waals surface area contributed by atoms with E-state index in [2.05, 4.69) is 16.8 Å². The molecule has 0 fully saturated rings. The van der Waals surface area contributed by atoms with Crippen molar-refractivity contribution in [2.24, 2.45) is 5.73 Å². The molecule has 1 heterocycles. The van der Waals surface area contributed by atoms with Crippen LogP contribution < -0.4 is 5.73 Å². The van der Waals surface area contributed by atoms with Gasteiger partial charge in [0.05, 0.1) is 5.02 Å². The fourth-order valence-electron chi connectivity index (χ4n) is 1.99. The number of primary amides is 1. The van der Waals surface area contributed by atoms with Crippen molar-refractivity contribution in [1.82, 2.24) is 10.0 Å². The molecule has 1 atom stereocenters. The molecule has 23 heavy (non-hydrogen) atoms. The van der Waals surface area contributed by atoms with Crippen LogP contribution in [-0.2, 0) is 6.42 Å². The third-order valence-electron chi connectivity index (χ3n) is 3.11. The molecule has 3 N–H and O–H groups in total. The molecule has 2 rings (SSSR count). The molecule has 0 aliphatic rings. The third kappa shape index (κ3) is 4.99. The van der Waals surface area contributed by atoms with E-state index in [-0.39, 0.29) is 0 Å². The van der Waals surface area contributed by atoms with E-state index < -0.39 is 12.1 Å². The first-order chi connectivity index (χ1) is 11.0. The maximum Gasteiger partial charge on any atom is 0.339 e. The summed E-state index contributed by atoms with van der Waals surface area (Å²) in [4.78, 5) is 14.9. The van der Waals surface area contributed by atoms with Crippen LogP contribution in [-0.4, -0.2) is 27.3 Å². The van der Waals surface area contributed by atoms with Crippen molar-refractivity contribution in [3.05, 3.63) is 64.4 Å². The highest BCUT2D eigenvalue weighted by Crippen LogP contribution is 2.14. The molecule has 5 nitrogen and oxygen atoms in total. The Morgan fingerprint density at radius 1 is 1.39 bits per heavy atom. The van der Waals surface area contributed by atoms with Crippen molar-refractivity contribution in [1.29, 1.82) is 0 Å². The average molecular weight is 330 g/mol. The van der Waals surface area contributed by atoms with Crippen molar-refractivity contribution >= 4 is 17.6 Å². The summed E-state index contributed by atoms with van der Waals surface area (Å²) in [5.41, 5.74) is 7.83. The molecule has 0 aliphatic carbocycles. The van der Waals surface area contributed by atoms with Gasteiger partial charge in [-0.1, -0.05) is 35.6 Å². The fourth-order valence-corrected chi connectivity index (χ4v) is 2.18. The van der Waals surface area contributed by atoms with E-state index in [1.165, 1.54) is 0 Å². The zero-order valence-electron chi connectivity index (χ0n) is 12.5. The van der Waals surface area contributed by atoms with Gasteiger partial charge in [-0.25, -0.2) is 4.79 Å². The number of nitrogens with two attached hydrogens (primary N) is 1. The number of rotatable bonds is 3. The number of aromatic nitrogens is 1. The number of carbonyl (C=O) groups excluding carboxylic acids is 1. The smallest absolute Gasteiger partial charge is 0.339 e. The van der Waals surface area contributed by atoms with Gasteiger partial charge in [0.25, 0.3) is 0 Å². The van der Waals surface area contributed by atoms with Gasteiger partial charge in [-0.2, -0.15) is 5.06 Å². The van der Waals surface area contributed by atoms with Crippen LogP contribution in [0.5, 0.6) is 0 Å². The molecule has 0 spiro atoms. The Morgan fingerprint density at radius 2 is 2.17 bits per heavy atom. The number of amides is 2. The van der Waals surface area contributed by atoms with Crippen LogP contribution in [0, 0.1) is 11.8 Å². The van der Waals surface area contributed by atoms with Crippen LogP contribution in [0.3, 0.4) is 0 Å². The lowest BCUT2D eigenvalue weighted by Crippen LogP contribution is -2.38. The van der Waals surface area contributed by atoms with Gasteiger partial charge in [0.2, 0.25) is 0 Å². The Morgan fingerprint density at radius 3 is 2.87 bits per heavy atom. The fraction of sp³-hybridized carbons (Fsp3) is 0.176. The number of pyridine rings is 1. The molecule has 6 heteroatoms. The molecular formula is C17H16ClN3O2. The highest BCUT2D eigenvalue weighted by molar-refractivity contribution is 6.30. The zero-order chi connectivity index (χ0) is 16.8. The molecule has 0 bridgehead atoms. The zero-order valence-corrected chi connectivity index (χ0v) is 13.3. The molecule has 1 aromatic carbocycles. The molecular weight excluding hydrogens is 314 g/mol. The first-order valence-electron chi connectivity index (χ1n) is 6.93. The van der Waals surface area contributed by atoms with Crippen molar-refractivity contribution in [3.63, 3.8) is 0 Å². The lowest BCUT2D eigenvalue weighted by molar-refractivity contribution is -0.0536. The van der Waals surface area contributed by atoms with Gasteiger partial charge in [-0.3, -0.25) is 10.2 Å². The number of hydrogen-bond acceptors (Lipinski definition) is 3. The monoisotopic (exact) mass is 329 g/mol. The molecule has 118 valence electrons. The largest absolute Gasteiger partial charge is 0.350 e. The summed E-state index contributed by atoms with van der Waals surface area (Å²) >= 11 is 5.93. The van der Waals surface area contributed by atoms with Gasteiger partial charge < -0.3 is 5.73 Å². The van der Waals surface area contributed by atoms with Crippen molar-refractivity contribution in [2.75, 3.05) is 0 Å². The summed E-state index contributed by atoms with van der Waals surface area (Å²) in [5, 5.41) is 10.4. The molecule has 0 saturated carbocycles. The van der Waals surface area contributed by atoms with E-state index in [9.17, 15) is 10.0 Å². The second-order valence-corrected chi connectivity index (χ2v) is 5.45. The minimum absolute atomic E-state index is 0.397. The number of urea groups is 1. The molecule has 0 saturated heterocycles. The van der Waals surface area contributed by atoms with Gasteiger partial charge in [0.1, 0.15) is 6.04 Å². The first-order valence-corrected chi connectivity index (χ1v) is 7.31. The Labute approximate surface area is 139 Å². The number of hydroxylamine groups is 2. The topological polar surface area (TPSA) is 79.4 Å². The Hall–Kier alpha value is -2.55. The van der Waals surface area contributed by atoms with E-state index in [0.717, 1.165) is 16.7 Å². The molecule has 0 unspecified atom stereocenters. The van der Waals surface area contributed by atoms with Crippen molar-refractivity contribution in [3.8, 4) is 11.8 Å². The Kier molecular flexibility index (Phi) is 5.58. The van der Waals surface area contributed by atoms with Gasteiger partial charge in [0.15, 0.2) is 0 Å². The lowest BCUT2D eigenvalue weighted by Gasteiger charge is -2.14. The van der Waals surface area contributed by atoms with Crippen LogP contribution in [0.4, 0.5) is 4.79 Å². The standard InChI is InChI=1S/C17H16ClN3O2/c1-12(21(23)17(19)22)5-6-13-3-2-4-14(7-13)8-15-9-16(18)11-20-10-15/h2-4,7,9-12,23H,8H2,1H3,(H2,19,22)/t12-/m1/s1. The number of benzene rings is 1. The van der Waals surface area contributed by atoms with Crippen LogP contribution in [0.2, 0.25) is 5.02 Å². The summed E-state index contributed by atoms with van der Waals surface area (Å²) in [7, 11) is 0. The molecule has 2 amide bonds. The highest BCUT2D eigenvalue weighted by Gasteiger charge is 2.11. The summed E-state index contributed by atoms with van der Waals surface area (Å²) in [6.45, 7) is 1.58. The third-order valence-corrected chi connectivity index (χ3v) is 3.32. The van der Waals surface area contributed by atoms with E-state index >= 15 is 0 Å². The second-order valence-electron chi connectivity index (χ2n) is 5.02. The van der Waals surface area contributed by atoms with Gasteiger partial charge >= 0.3 is 6.03 Å². The summed E-state index contributed by atoms with van der Waals surface area (Å²) < 4.78 is 0. The SMILES string of the molecule is C[C@H](C#Cc1cccc(Cc2cncc(Cl)c2)c1)N(O)C(N)=O.